The molecule has 1 saturated carbocycles. The van der Waals surface area contributed by atoms with Crippen LogP contribution in [0.4, 0.5) is 16.3 Å². The van der Waals surface area contributed by atoms with Crippen LogP contribution in [0.5, 0.6) is 0 Å². The van der Waals surface area contributed by atoms with Gasteiger partial charge in [-0.25, -0.2) is 9.78 Å². The van der Waals surface area contributed by atoms with E-state index in [-0.39, 0.29) is 18.4 Å². The van der Waals surface area contributed by atoms with Gasteiger partial charge in [0.1, 0.15) is 17.9 Å². The molecule has 2 unspecified atom stereocenters. The molecule has 8 heteroatoms. The van der Waals surface area contributed by atoms with E-state index < -0.39 is 17.5 Å². The minimum atomic E-state index is -0.839. The van der Waals surface area contributed by atoms with Gasteiger partial charge >= 0.3 is 6.03 Å². The van der Waals surface area contributed by atoms with E-state index >= 15 is 0 Å². The van der Waals surface area contributed by atoms with Gasteiger partial charge in [0.2, 0.25) is 5.91 Å². The second kappa shape index (κ2) is 7.41. The lowest BCUT2D eigenvalue weighted by molar-refractivity contribution is -0.136. The number of hydrogen-bond donors (Lipinski definition) is 2. The maximum atomic E-state index is 12.9. The van der Waals surface area contributed by atoms with Crippen LogP contribution in [0.3, 0.4) is 0 Å². The number of hydrogen-bond acceptors (Lipinski definition) is 5. The van der Waals surface area contributed by atoms with Crippen LogP contribution in [-0.2, 0) is 9.59 Å². The summed E-state index contributed by atoms with van der Waals surface area (Å²) in [6.45, 7) is 3.72. The Morgan fingerprint density at radius 1 is 1.25 bits per heavy atom. The van der Waals surface area contributed by atoms with E-state index in [1.807, 2.05) is 13.0 Å². The normalized spacial score (nSPS) is 27.4. The van der Waals surface area contributed by atoms with E-state index in [2.05, 4.69) is 20.5 Å². The molecule has 3 fully saturated rings. The van der Waals surface area contributed by atoms with Crippen LogP contribution in [0.2, 0.25) is 0 Å². The molecule has 1 spiro atoms. The third-order valence-corrected chi connectivity index (χ3v) is 6.26. The van der Waals surface area contributed by atoms with Gasteiger partial charge in [-0.1, -0.05) is 19.8 Å². The number of pyridine rings is 1. The van der Waals surface area contributed by atoms with Crippen LogP contribution in [0, 0.1) is 5.92 Å². The molecule has 0 radical (unpaired) electrons. The summed E-state index contributed by atoms with van der Waals surface area (Å²) >= 11 is 0. The smallest absolute Gasteiger partial charge is 0.325 e. The van der Waals surface area contributed by atoms with Gasteiger partial charge in [0.15, 0.2) is 0 Å². The third-order valence-electron chi connectivity index (χ3n) is 6.26. The van der Waals surface area contributed by atoms with E-state index in [0.29, 0.717) is 12.1 Å². The average Bonchev–Trinajstić information content (AvgIpc) is 3.29. The molecule has 4 amide bonds. The Hall–Kier alpha value is -2.64. The van der Waals surface area contributed by atoms with Crippen LogP contribution in [0.25, 0.3) is 0 Å². The highest BCUT2D eigenvalue weighted by Gasteiger charge is 2.55. The summed E-state index contributed by atoms with van der Waals surface area (Å²) in [6, 6.07) is 3.21. The summed E-state index contributed by atoms with van der Waals surface area (Å²) in [6.07, 6.45) is 7.47. The highest BCUT2D eigenvalue weighted by atomic mass is 16.2. The van der Waals surface area contributed by atoms with Gasteiger partial charge in [-0.15, -0.1) is 0 Å². The first-order chi connectivity index (χ1) is 13.5. The molecule has 1 aromatic heterocycles. The van der Waals surface area contributed by atoms with E-state index in [1.165, 1.54) is 12.8 Å². The highest BCUT2D eigenvalue weighted by Crippen LogP contribution is 2.38. The zero-order valence-electron chi connectivity index (χ0n) is 16.2. The molecule has 0 bridgehead atoms. The lowest BCUT2D eigenvalue weighted by atomic mass is 9.73. The Labute approximate surface area is 164 Å². The summed E-state index contributed by atoms with van der Waals surface area (Å²) in [5.41, 5.74) is -0.282. The first-order valence-electron chi connectivity index (χ1n) is 10.1. The van der Waals surface area contributed by atoms with Crippen molar-refractivity contribution in [2.45, 2.75) is 51.0 Å². The molecule has 150 valence electrons. The standard InChI is InChI=1S/C20H27N5O3/c1-14-6-2-3-9-20(14)18(27)25(19(28)23-20)13-17(26)22-15-7-8-16(21-12-15)24-10-4-5-11-24/h7-8,12,14H,2-6,9-11,13H2,1H3,(H,22,26)(H,23,28). The molecule has 8 nitrogen and oxygen atoms in total. The Kier molecular flexibility index (Phi) is 4.95. The van der Waals surface area contributed by atoms with Gasteiger partial charge < -0.3 is 15.5 Å². The van der Waals surface area contributed by atoms with Gasteiger partial charge in [-0.2, -0.15) is 0 Å². The maximum Gasteiger partial charge on any atom is 0.325 e. The minimum absolute atomic E-state index is 0.0769. The topological polar surface area (TPSA) is 94.6 Å². The van der Waals surface area contributed by atoms with Crippen molar-refractivity contribution < 1.29 is 14.4 Å². The van der Waals surface area contributed by atoms with Crippen molar-refractivity contribution in [3.63, 3.8) is 0 Å². The molecule has 3 heterocycles. The summed E-state index contributed by atoms with van der Waals surface area (Å²) in [5.74, 6) is 0.299. The average molecular weight is 385 g/mol. The minimum Gasteiger partial charge on any atom is -0.357 e. The summed E-state index contributed by atoms with van der Waals surface area (Å²) < 4.78 is 0. The number of nitrogens with one attached hydrogen (secondary N) is 2. The lowest BCUT2D eigenvalue weighted by Crippen LogP contribution is -2.54. The Balaban J connectivity index is 1.38. The number of carbonyl (C=O) groups excluding carboxylic acids is 3. The molecular weight excluding hydrogens is 358 g/mol. The van der Waals surface area contributed by atoms with E-state index in [0.717, 1.165) is 43.1 Å². The number of carbonyl (C=O) groups is 3. The van der Waals surface area contributed by atoms with Crippen molar-refractivity contribution in [1.82, 2.24) is 15.2 Å². The number of amides is 4. The van der Waals surface area contributed by atoms with E-state index in [9.17, 15) is 14.4 Å². The molecule has 1 aliphatic carbocycles. The second-order valence-corrected chi connectivity index (χ2v) is 8.09. The molecule has 3 aliphatic rings. The number of imide groups is 1. The monoisotopic (exact) mass is 385 g/mol. The Morgan fingerprint density at radius 2 is 2.04 bits per heavy atom. The number of anilines is 2. The van der Waals surface area contributed by atoms with E-state index in [4.69, 9.17) is 0 Å². The number of urea groups is 1. The predicted octanol–water partition coefficient (Wildman–Crippen LogP) is 2.12. The molecule has 2 saturated heterocycles. The van der Waals surface area contributed by atoms with Crippen LogP contribution >= 0.6 is 0 Å². The molecule has 28 heavy (non-hydrogen) atoms. The Morgan fingerprint density at radius 3 is 2.71 bits per heavy atom. The van der Waals surface area contributed by atoms with Gasteiger partial charge in [-0.3, -0.25) is 14.5 Å². The number of aromatic nitrogens is 1. The van der Waals surface area contributed by atoms with Crippen molar-refractivity contribution in [2.75, 3.05) is 29.9 Å². The number of rotatable bonds is 4. The third kappa shape index (κ3) is 3.31. The summed E-state index contributed by atoms with van der Waals surface area (Å²) in [5, 5.41) is 5.60. The molecule has 0 aromatic carbocycles. The van der Waals surface area contributed by atoms with Gasteiger partial charge in [0, 0.05) is 13.1 Å². The SMILES string of the molecule is CC1CCCCC12NC(=O)N(CC(=O)Nc1ccc(N3CCCC3)nc1)C2=O. The highest BCUT2D eigenvalue weighted by molar-refractivity contribution is 6.10. The number of nitrogens with zero attached hydrogens (tertiary/aromatic N) is 3. The molecule has 2 N–H and O–H groups in total. The lowest BCUT2D eigenvalue weighted by Gasteiger charge is -2.36. The molecule has 1 aromatic rings. The maximum absolute atomic E-state index is 12.9. The quantitative estimate of drug-likeness (QED) is 0.774. The van der Waals surface area contributed by atoms with Crippen molar-refractivity contribution in [3.8, 4) is 0 Å². The predicted molar refractivity (Wildman–Crippen MR) is 105 cm³/mol. The van der Waals surface area contributed by atoms with Crippen molar-refractivity contribution >= 4 is 29.4 Å². The van der Waals surface area contributed by atoms with Crippen molar-refractivity contribution in [3.05, 3.63) is 18.3 Å². The fraction of sp³-hybridized carbons (Fsp3) is 0.600. The zero-order valence-corrected chi connectivity index (χ0v) is 16.2. The zero-order chi connectivity index (χ0) is 19.7. The van der Waals surface area contributed by atoms with Gasteiger partial charge in [0.05, 0.1) is 11.9 Å². The van der Waals surface area contributed by atoms with Crippen LogP contribution in [-0.4, -0.2) is 52.9 Å². The molecule has 4 rings (SSSR count). The van der Waals surface area contributed by atoms with Crippen LogP contribution in [0.15, 0.2) is 18.3 Å². The van der Waals surface area contributed by atoms with Crippen LogP contribution < -0.4 is 15.5 Å². The van der Waals surface area contributed by atoms with Gasteiger partial charge in [-0.05, 0) is 43.7 Å². The van der Waals surface area contributed by atoms with E-state index in [1.54, 1.807) is 12.3 Å². The van der Waals surface area contributed by atoms with Gasteiger partial charge in [0.25, 0.3) is 5.91 Å². The van der Waals surface area contributed by atoms with Crippen molar-refractivity contribution in [2.24, 2.45) is 5.92 Å². The largest absolute Gasteiger partial charge is 0.357 e. The molecule has 2 aliphatic heterocycles. The summed E-state index contributed by atoms with van der Waals surface area (Å²) in [4.78, 5) is 45.4. The fourth-order valence-electron chi connectivity index (χ4n) is 4.58. The van der Waals surface area contributed by atoms with Crippen molar-refractivity contribution in [1.29, 1.82) is 0 Å². The summed E-state index contributed by atoms with van der Waals surface area (Å²) in [7, 11) is 0. The molecular formula is C20H27N5O3. The van der Waals surface area contributed by atoms with Crippen LogP contribution in [0.1, 0.15) is 45.4 Å². The Bertz CT molecular complexity index is 775. The first kappa shape index (κ1) is 18.7. The second-order valence-electron chi connectivity index (χ2n) is 8.09. The first-order valence-corrected chi connectivity index (χ1v) is 10.1. The fourth-order valence-corrected chi connectivity index (χ4v) is 4.58. The molecule has 2 atom stereocenters.